The van der Waals surface area contributed by atoms with E-state index in [0.29, 0.717) is 47.5 Å². The highest BCUT2D eigenvalue weighted by Crippen LogP contribution is 2.33. The smallest absolute Gasteiger partial charge is 0.355 e. The number of aromatic amines is 1. The zero-order chi connectivity index (χ0) is 28.3. The summed E-state index contributed by atoms with van der Waals surface area (Å²) in [6.45, 7) is 7.45. The molecule has 0 saturated carbocycles. The van der Waals surface area contributed by atoms with Crippen LogP contribution in [0.2, 0.25) is 5.02 Å². The Kier molecular flexibility index (Phi) is 8.55. The number of aromatic nitrogens is 4. The Hall–Kier alpha value is -3.25. The van der Waals surface area contributed by atoms with Gasteiger partial charge in [0.1, 0.15) is 11.4 Å². The zero-order valence-electron chi connectivity index (χ0n) is 22.6. The van der Waals surface area contributed by atoms with Gasteiger partial charge in [-0.1, -0.05) is 34.5 Å². The number of nitrogens with zero attached hydrogens (tertiary/aromatic N) is 4. The Morgan fingerprint density at radius 2 is 1.93 bits per heavy atom. The summed E-state index contributed by atoms with van der Waals surface area (Å²) in [6, 6.07) is 12.3. The number of esters is 1. The molecule has 40 heavy (non-hydrogen) atoms. The second-order valence-corrected chi connectivity index (χ2v) is 12.3. The molecule has 0 bridgehead atoms. The second kappa shape index (κ2) is 12.1. The Balaban J connectivity index is 1.18. The highest BCUT2D eigenvalue weighted by molar-refractivity contribution is 7.89. The summed E-state index contributed by atoms with van der Waals surface area (Å²) in [5, 5.41) is 10.1. The molecule has 4 aromatic rings. The van der Waals surface area contributed by atoms with Crippen LogP contribution < -0.4 is 4.72 Å². The number of H-pyrrole nitrogens is 1. The van der Waals surface area contributed by atoms with Crippen LogP contribution in [0.1, 0.15) is 35.8 Å². The van der Waals surface area contributed by atoms with E-state index in [9.17, 15) is 13.2 Å². The molecule has 2 aromatic heterocycles. The Morgan fingerprint density at radius 1 is 1.18 bits per heavy atom. The van der Waals surface area contributed by atoms with E-state index in [1.807, 2.05) is 23.9 Å². The fourth-order valence-corrected chi connectivity index (χ4v) is 6.28. The predicted molar refractivity (Wildman–Crippen MR) is 154 cm³/mol. The van der Waals surface area contributed by atoms with E-state index in [1.54, 1.807) is 43.3 Å². The number of carbonyl (C=O) groups excluding carboxylic acids is 1. The number of ether oxygens (including phenoxy) is 1. The summed E-state index contributed by atoms with van der Waals surface area (Å²) in [6.07, 6.45) is 3.80. The van der Waals surface area contributed by atoms with Crippen LogP contribution in [0.25, 0.3) is 22.2 Å². The van der Waals surface area contributed by atoms with E-state index in [-0.39, 0.29) is 11.5 Å². The van der Waals surface area contributed by atoms with E-state index in [2.05, 4.69) is 24.9 Å². The third-order valence-corrected chi connectivity index (χ3v) is 8.95. The SMILES string of the molecule is CCOC(=O)c1[nH]c2ccc(Cl)cc2c1-c1cn(CC2CCN(CCNS(=O)(=O)c3ccc(C)cc3)CC2)nn1. The molecule has 12 heteroatoms. The zero-order valence-corrected chi connectivity index (χ0v) is 24.1. The summed E-state index contributed by atoms with van der Waals surface area (Å²) < 4.78 is 34.9. The number of rotatable bonds is 10. The van der Waals surface area contributed by atoms with Crippen molar-refractivity contribution in [3.05, 3.63) is 64.9 Å². The molecule has 212 valence electrons. The number of halogens is 1. The minimum absolute atomic E-state index is 0.262. The number of piperidine rings is 1. The molecule has 0 amide bonds. The Labute approximate surface area is 238 Å². The number of nitrogens with one attached hydrogen (secondary N) is 2. The largest absolute Gasteiger partial charge is 0.461 e. The van der Waals surface area contributed by atoms with Crippen molar-refractivity contribution < 1.29 is 17.9 Å². The lowest BCUT2D eigenvalue weighted by molar-refractivity contribution is 0.0521. The molecule has 1 aliphatic heterocycles. The molecule has 0 spiro atoms. The third kappa shape index (κ3) is 6.38. The quantitative estimate of drug-likeness (QED) is 0.267. The number of likely N-dealkylation sites (tertiary alicyclic amines) is 1. The molecule has 0 atom stereocenters. The maximum Gasteiger partial charge on any atom is 0.355 e. The fourth-order valence-electron chi connectivity index (χ4n) is 5.08. The number of hydrogen-bond acceptors (Lipinski definition) is 7. The molecule has 2 aromatic carbocycles. The summed E-state index contributed by atoms with van der Waals surface area (Å²) in [7, 11) is -3.51. The van der Waals surface area contributed by atoms with Crippen LogP contribution in [0.5, 0.6) is 0 Å². The van der Waals surface area contributed by atoms with Crippen LogP contribution in [0.3, 0.4) is 0 Å². The predicted octanol–water partition coefficient (Wildman–Crippen LogP) is 4.26. The first-order chi connectivity index (χ1) is 19.2. The number of carbonyl (C=O) groups is 1. The van der Waals surface area contributed by atoms with Gasteiger partial charge in [-0.2, -0.15) is 0 Å². The molecule has 0 unspecified atom stereocenters. The van der Waals surface area contributed by atoms with Crippen molar-refractivity contribution in [3.8, 4) is 11.3 Å². The Morgan fingerprint density at radius 3 is 2.65 bits per heavy atom. The van der Waals surface area contributed by atoms with Gasteiger partial charge in [-0.05, 0) is 76.0 Å². The first kappa shape index (κ1) is 28.3. The second-order valence-electron chi connectivity index (χ2n) is 10.1. The van der Waals surface area contributed by atoms with Gasteiger partial charge in [-0.3, -0.25) is 4.68 Å². The molecule has 1 saturated heterocycles. The molecule has 3 heterocycles. The average Bonchev–Trinajstić information content (AvgIpc) is 3.54. The number of fused-ring (bicyclic) bond motifs is 1. The van der Waals surface area contributed by atoms with Crippen LogP contribution in [0.15, 0.2) is 53.6 Å². The van der Waals surface area contributed by atoms with Crippen LogP contribution in [-0.2, 0) is 21.3 Å². The van der Waals surface area contributed by atoms with Crippen molar-refractivity contribution in [3.63, 3.8) is 0 Å². The van der Waals surface area contributed by atoms with E-state index in [4.69, 9.17) is 16.3 Å². The molecule has 1 aliphatic rings. The Bertz CT molecular complexity index is 1590. The third-order valence-electron chi connectivity index (χ3n) is 7.24. The molecular formula is C28H33ClN6O4S. The lowest BCUT2D eigenvalue weighted by atomic mass is 9.97. The van der Waals surface area contributed by atoms with Crippen molar-refractivity contribution in [2.75, 3.05) is 32.8 Å². The van der Waals surface area contributed by atoms with Crippen molar-refractivity contribution >= 4 is 38.5 Å². The molecule has 0 radical (unpaired) electrons. The van der Waals surface area contributed by atoms with Gasteiger partial charge in [0.15, 0.2) is 0 Å². The normalized spacial score (nSPS) is 15.1. The van der Waals surface area contributed by atoms with Crippen LogP contribution >= 0.6 is 11.6 Å². The number of hydrogen-bond donors (Lipinski definition) is 2. The maximum absolute atomic E-state index is 12.7. The average molecular weight is 585 g/mol. The highest BCUT2D eigenvalue weighted by Gasteiger charge is 2.24. The number of aryl methyl sites for hydroxylation is 1. The molecule has 10 nitrogen and oxygen atoms in total. The van der Waals surface area contributed by atoms with Gasteiger partial charge in [-0.15, -0.1) is 5.10 Å². The number of benzene rings is 2. The van der Waals surface area contributed by atoms with Crippen molar-refractivity contribution in [1.82, 2.24) is 29.6 Å². The van der Waals surface area contributed by atoms with Crippen molar-refractivity contribution in [1.29, 1.82) is 0 Å². The summed E-state index contributed by atoms with van der Waals surface area (Å²) in [5.74, 6) is -0.0371. The summed E-state index contributed by atoms with van der Waals surface area (Å²) in [4.78, 5) is 18.4. The van der Waals surface area contributed by atoms with Gasteiger partial charge in [-0.25, -0.2) is 17.9 Å². The number of sulfonamides is 1. The summed E-state index contributed by atoms with van der Waals surface area (Å²) in [5.41, 5.74) is 3.33. The van der Waals surface area contributed by atoms with Gasteiger partial charge < -0.3 is 14.6 Å². The van der Waals surface area contributed by atoms with Crippen molar-refractivity contribution in [2.24, 2.45) is 5.92 Å². The lowest BCUT2D eigenvalue weighted by Gasteiger charge is -2.31. The first-order valence-corrected chi connectivity index (χ1v) is 15.3. The molecule has 5 rings (SSSR count). The fraction of sp³-hybridized carbons (Fsp3) is 0.393. The summed E-state index contributed by atoms with van der Waals surface area (Å²) >= 11 is 6.25. The van der Waals surface area contributed by atoms with Crippen LogP contribution in [0, 0.1) is 12.8 Å². The van der Waals surface area contributed by atoms with E-state index >= 15 is 0 Å². The highest BCUT2D eigenvalue weighted by atomic mass is 35.5. The van der Waals surface area contributed by atoms with Crippen molar-refractivity contribution in [2.45, 2.75) is 38.1 Å². The monoisotopic (exact) mass is 584 g/mol. The van der Waals surface area contributed by atoms with E-state index in [1.165, 1.54) is 0 Å². The van der Waals surface area contributed by atoms with Gasteiger partial charge in [0.2, 0.25) is 10.0 Å². The lowest BCUT2D eigenvalue weighted by Crippen LogP contribution is -2.40. The molecule has 0 aliphatic carbocycles. The topological polar surface area (TPSA) is 122 Å². The maximum atomic E-state index is 12.7. The van der Waals surface area contributed by atoms with Gasteiger partial charge in [0.25, 0.3) is 0 Å². The van der Waals surface area contributed by atoms with E-state index in [0.717, 1.165) is 42.4 Å². The molecular weight excluding hydrogens is 552 g/mol. The van der Waals surface area contributed by atoms with Crippen LogP contribution in [-0.4, -0.2) is 72.1 Å². The van der Waals surface area contributed by atoms with Gasteiger partial charge in [0, 0.05) is 41.1 Å². The van der Waals surface area contributed by atoms with Gasteiger partial charge in [0.05, 0.1) is 17.7 Å². The standard InChI is InChI=1S/C28H33ClN6O4S/c1-3-39-28(36)27-26(23-16-21(29)6-9-24(23)31-27)25-18-35(33-32-25)17-20-10-13-34(14-11-20)15-12-30-40(37,38)22-7-4-19(2)5-8-22/h4-9,16,18,20,30-31H,3,10-15,17H2,1-2H3. The van der Waals surface area contributed by atoms with E-state index < -0.39 is 16.0 Å². The van der Waals surface area contributed by atoms with Crippen LogP contribution in [0.4, 0.5) is 0 Å². The first-order valence-electron chi connectivity index (χ1n) is 13.4. The minimum Gasteiger partial charge on any atom is -0.461 e. The molecule has 1 fully saturated rings. The molecule has 2 N–H and O–H groups in total. The minimum atomic E-state index is -3.51. The van der Waals surface area contributed by atoms with Gasteiger partial charge >= 0.3 is 5.97 Å².